The number of thioether (sulfide) groups is 1. The first-order valence-electron chi connectivity index (χ1n) is 3.29. The van der Waals surface area contributed by atoms with E-state index in [0.29, 0.717) is 0 Å². The largest absolute Gasteiger partial charge is 0.461 e. The van der Waals surface area contributed by atoms with Crippen molar-refractivity contribution in [3.05, 3.63) is 0 Å². The van der Waals surface area contributed by atoms with Gasteiger partial charge in [-0.3, -0.25) is 0 Å². The summed E-state index contributed by atoms with van der Waals surface area (Å²) in [6, 6.07) is 0. The van der Waals surface area contributed by atoms with E-state index in [4.69, 9.17) is 11.6 Å². The fourth-order valence-corrected chi connectivity index (χ4v) is 1.18. The Balaban J connectivity index is 3.90. The lowest BCUT2D eigenvalue weighted by atomic mass is 10.7. The first-order chi connectivity index (χ1) is 5.54. The van der Waals surface area contributed by atoms with Gasteiger partial charge in [-0.25, -0.2) is 4.79 Å². The molecule has 0 saturated carbocycles. The SMILES string of the molecule is CCOC(=O)C(F)(F)SCCCl. The van der Waals surface area contributed by atoms with Gasteiger partial charge >= 0.3 is 11.2 Å². The summed E-state index contributed by atoms with van der Waals surface area (Å²) < 4.78 is 29.4. The van der Waals surface area contributed by atoms with Crippen LogP contribution in [0.5, 0.6) is 0 Å². The van der Waals surface area contributed by atoms with Gasteiger partial charge in [-0.1, -0.05) is 11.8 Å². The van der Waals surface area contributed by atoms with Gasteiger partial charge in [0.05, 0.1) is 6.61 Å². The molecule has 0 aromatic carbocycles. The fourth-order valence-electron chi connectivity index (χ4n) is 0.441. The number of esters is 1. The average molecular weight is 219 g/mol. The number of carbonyl (C=O) groups is 1. The molecule has 0 aliphatic rings. The zero-order chi connectivity index (χ0) is 9.61. The van der Waals surface area contributed by atoms with E-state index in [2.05, 4.69) is 4.74 Å². The predicted molar refractivity (Wildman–Crippen MR) is 44.8 cm³/mol. The second kappa shape index (κ2) is 5.59. The molecule has 72 valence electrons. The van der Waals surface area contributed by atoms with Crippen molar-refractivity contribution in [2.45, 2.75) is 12.2 Å². The van der Waals surface area contributed by atoms with Crippen molar-refractivity contribution in [3.63, 3.8) is 0 Å². The van der Waals surface area contributed by atoms with Crippen LogP contribution in [-0.2, 0) is 9.53 Å². The van der Waals surface area contributed by atoms with Crippen LogP contribution < -0.4 is 0 Å². The summed E-state index contributed by atoms with van der Waals surface area (Å²) in [7, 11) is 0. The standard InChI is InChI=1S/C6H9ClF2O2S/c1-2-11-5(10)6(8,9)12-4-3-7/h2-4H2,1H3. The molecule has 0 atom stereocenters. The molecule has 0 aromatic heterocycles. The minimum absolute atomic E-state index is 0.0212. The van der Waals surface area contributed by atoms with Gasteiger partial charge in [0.15, 0.2) is 0 Å². The molecule has 0 fully saturated rings. The second-order valence-corrected chi connectivity index (χ2v) is 3.36. The Hall–Kier alpha value is -0.0300. The number of ether oxygens (including phenoxy) is 1. The first kappa shape index (κ1) is 12.0. The van der Waals surface area contributed by atoms with Crippen molar-refractivity contribution >= 4 is 29.3 Å². The number of halogens is 3. The lowest BCUT2D eigenvalue weighted by molar-refractivity contribution is -0.159. The van der Waals surface area contributed by atoms with E-state index in [1.165, 1.54) is 6.92 Å². The maximum Gasteiger partial charge on any atom is 0.388 e. The summed E-state index contributed by atoms with van der Waals surface area (Å²) in [5, 5.41) is -3.47. The van der Waals surface area contributed by atoms with Gasteiger partial charge in [0.25, 0.3) is 0 Å². The number of rotatable bonds is 5. The van der Waals surface area contributed by atoms with Crippen LogP contribution in [0.3, 0.4) is 0 Å². The molecule has 0 spiro atoms. The van der Waals surface area contributed by atoms with E-state index in [0.717, 1.165) is 0 Å². The number of hydrogen-bond donors (Lipinski definition) is 0. The van der Waals surface area contributed by atoms with Crippen LogP contribution in [-0.4, -0.2) is 29.5 Å². The van der Waals surface area contributed by atoms with Crippen LogP contribution in [0.25, 0.3) is 0 Å². The van der Waals surface area contributed by atoms with Gasteiger partial charge < -0.3 is 4.74 Å². The molecular weight excluding hydrogens is 210 g/mol. The van der Waals surface area contributed by atoms with Crippen molar-refractivity contribution in [3.8, 4) is 0 Å². The highest BCUT2D eigenvalue weighted by Crippen LogP contribution is 2.30. The Morgan fingerprint density at radius 2 is 2.25 bits per heavy atom. The molecule has 0 radical (unpaired) electrons. The van der Waals surface area contributed by atoms with Crippen molar-refractivity contribution < 1.29 is 18.3 Å². The van der Waals surface area contributed by atoms with Crippen molar-refractivity contribution in [1.29, 1.82) is 0 Å². The highest BCUT2D eigenvalue weighted by atomic mass is 35.5. The zero-order valence-corrected chi connectivity index (χ0v) is 8.05. The molecule has 0 aliphatic carbocycles. The van der Waals surface area contributed by atoms with Crippen LogP contribution in [0.2, 0.25) is 0 Å². The predicted octanol–water partition coefficient (Wildman–Crippen LogP) is 2.11. The van der Waals surface area contributed by atoms with Gasteiger partial charge in [0, 0.05) is 11.6 Å². The van der Waals surface area contributed by atoms with E-state index in [-0.39, 0.29) is 30.0 Å². The van der Waals surface area contributed by atoms with Crippen LogP contribution in [0.15, 0.2) is 0 Å². The highest BCUT2D eigenvalue weighted by molar-refractivity contribution is 8.01. The van der Waals surface area contributed by atoms with Crippen LogP contribution >= 0.6 is 23.4 Å². The molecule has 0 saturated heterocycles. The summed E-state index contributed by atoms with van der Waals surface area (Å²) >= 11 is 5.37. The molecule has 0 amide bonds. The van der Waals surface area contributed by atoms with Crippen molar-refractivity contribution in [2.75, 3.05) is 18.2 Å². The lowest BCUT2D eigenvalue weighted by Crippen LogP contribution is -2.27. The molecule has 0 aliphatic heterocycles. The lowest BCUT2D eigenvalue weighted by Gasteiger charge is -2.12. The summed E-state index contributed by atoms with van der Waals surface area (Å²) in [5.41, 5.74) is 0. The summed E-state index contributed by atoms with van der Waals surface area (Å²) in [6.07, 6.45) is 0. The summed E-state index contributed by atoms with van der Waals surface area (Å²) in [4.78, 5) is 10.5. The van der Waals surface area contributed by atoms with Crippen LogP contribution in [0.4, 0.5) is 8.78 Å². The first-order valence-corrected chi connectivity index (χ1v) is 4.81. The molecule has 12 heavy (non-hydrogen) atoms. The Morgan fingerprint density at radius 1 is 1.67 bits per heavy atom. The van der Waals surface area contributed by atoms with Crippen LogP contribution in [0.1, 0.15) is 6.92 Å². The Kier molecular flexibility index (Phi) is 5.57. The van der Waals surface area contributed by atoms with Gasteiger partial charge in [0.1, 0.15) is 0 Å². The maximum atomic E-state index is 12.6. The van der Waals surface area contributed by atoms with E-state index in [1.807, 2.05) is 0 Å². The maximum absolute atomic E-state index is 12.6. The third-order valence-electron chi connectivity index (χ3n) is 0.874. The fraction of sp³-hybridized carbons (Fsp3) is 0.833. The number of hydrogen-bond acceptors (Lipinski definition) is 3. The Bertz CT molecular complexity index is 154. The molecular formula is C6H9ClF2O2S. The smallest absolute Gasteiger partial charge is 0.388 e. The Morgan fingerprint density at radius 3 is 2.67 bits per heavy atom. The monoisotopic (exact) mass is 218 g/mol. The third-order valence-corrected chi connectivity index (χ3v) is 2.22. The average Bonchev–Trinajstić information content (AvgIpc) is 2.01. The minimum atomic E-state index is -3.47. The molecule has 0 heterocycles. The van der Waals surface area contributed by atoms with Crippen molar-refractivity contribution in [1.82, 2.24) is 0 Å². The van der Waals surface area contributed by atoms with E-state index in [1.54, 1.807) is 0 Å². The Labute approximate surface area is 78.6 Å². The zero-order valence-electron chi connectivity index (χ0n) is 6.48. The highest BCUT2D eigenvalue weighted by Gasteiger charge is 2.40. The molecule has 0 aromatic rings. The summed E-state index contributed by atoms with van der Waals surface area (Å²) in [5.74, 6) is -1.40. The normalized spacial score (nSPS) is 11.3. The molecule has 0 N–H and O–H groups in total. The molecule has 0 bridgehead atoms. The van der Waals surface area contributed by atoms with Crippen LogP contribution in [0, 0.1) is 0 Å². The molecule has 6 heteroatoms. The van der Waals surface area contributed by atoms with Crippen molar-refractivity contribution in [2.24, 2.45) is 0 Å². The van der Waals surface area contributed by atoms with Gasteiger partial charge in [0.2, 0.25) is 0 Å². The third kappa shape index (κ3) is 4.11. The topological polar surface area (TPSA) is 26.3 Å². The van der Waals surface area contributed by atoms with E-state index in [9.17, 15) is 13.6 Å². The molecule has 2 nitrogen and oxygen atoms in total. The van der Waals surface area contributed by atoms with E-state index < -0.39 is 11.2 Å². The minimum Gasteiger partial charge on any atom is -0.461 e. The summed E-state index contributed by atoms with van der Waals surface area (Å²) in [6.45, 7) is 1.43. The van der Waals surface area contributed by atoms with Gasteiger partial charge in [-0.2, -0.15) is 8.78 Å². The molecule has 0 unspecified atom stereocenters. The van der Waals surface area contributed by atoms with E-state index >= 15 is 0 Å². The number of carbonyl (C=O) groups excluding carboxylic acids is 1. The quantitative estimate of drug-likeness (QED) is 0.522. The van der Waals surface area contributed by atoms with Gasteiger partial charge in [-0.05, 0) is 6.92 Å². The molecule has 0 rings (SSSR count). The second-order valence-electron chi connectivity index (χ2n) is 1.77. The number of alkyl halides is 3. The van der Waals surface area contributed by atoms with Gasteiger partial charge in [-0.15, -0.1) is 11.6 Å².